The van der Waals surface area contributed by atoms with Gasteiger partial charge in [0.15, 0.2) is 0 Å². The van der Waals surface area contributed by atoms with Crippen LogP contribution in [0.2, 0.25) is 0 Å². The molecule has 0 spiro atoms. The Labute approximate surface area is 106 Å². The predicted octanol–water partition coefficient (Wildman–Crippen LogP) is 3.15. The summed E-state index contributed by atoms with van der Waals surface area (Å²) in [5.74, 6) is 0.377. The average molecular weight is 246 g/mol. The standard InChI is InChI=1S/C14H15FN2O/c1-10-5-3-7-12(16-2)14(10)18-9-13-11(15)6-4-8-17-13/h3-8,16H,9H2,1-2H3. The second kappa shape index (κ2) is 5.49. The van der Waals surface area contributed by atoms with Crippen LogP contribution in [0.25, 0.3) is 0 Å². The quantitative estimate of drug-likeness (QED) is 0.899. The number of aromatic nitrogens is 1. The molecular formula is C14H15FN2O. The Morgan fingerprint density at radius 1 is 1.28 bits per heavy atom. The van der Waals surface area contributed by atoms with E-state index in [9.17, 15) is 4.39 Å². The SMILES string of the molecule is CNc1cccc(C)c1OCc1ncccc1F. The van der Waals surface area contributed by atoms with Crippen molar-refractivity contribution in [3.63, 3.8) is 0 Å². The van der Waals surface area contributed by atoms with Gasteiger partial charge in [0.05, 0.1) is 5.69 Å². The molecule has 1 heterocycles. The van der Waals surface area contributed by atoms with Gasteiger partial charge in [-0.1, -0.05) is 12.1 Å². The van der Waals surface area contributed by atoms with Crippen LogP contribution in [0.5, 0.6) is 5.75 Å². The van der Waals surface area contributed by atoms with Crippen molar-refractivity contribution < 1.29 is 9.13 Å². The number of hydrogen-bond acceptors (Lipinski definition) is 3. The van der Waals surface area contributed by atoms with Gasteiger partial charge in [-0.25, -0.2) is 4.39 Å². The van der Waals surface area contributed by atoms with E-state index in [1.54, 1.807) is 12.3 Å². The summed E-state index contributed by atoms with van der Waals surface area (Å²) in [6.45, 7) is 2.07. The van der Waals surface area contributed by atoms with Gasteiger partial charge >= 0.3 is 0 Å². The normalized spacial score (nSPS) is 10.2. The molecule has 3 nitrogen and oxygen atoms in total. The number of hydrogen-bond donors (Lipinski definition) is 1. The van der Waals surface area contributed by atoms with Gasteiger partial charge < -0.3 is 10.1 Å². The van der Waals surface area contributed by atoms with Gasteiger partial charge in [0.25, 0.3) is 0 Å². The number of ether oxygens (including phenoxy) is 1. The van der Waals surface area contributed by atoms with Crippen LogP contribution in [0.1, 0.15) is 11.3 Å². The summed E-state index contributed by atoms with van der Waals surface area (Å²) >= 11 is 0. The van der Waals surface area contributed by atoms with E-state index in [-0.39, 0.29) is 12.4 Å². The smallest absolute Gasteiger partial charge is 0.148 e. The fourth-order valence-electron chi connectivity index (χ4n) is 1.71. The predicted molar refractivity (Wildman–Crippen MR) is 69.3 cm³/mol. The minimum absolute atomic E-state index is 0.117. The van der Waals surface area contributed by atoms with Crippen LogP contribution < -0.4 is 10.1 Å². The van der Waals surface area contributed by atoms with Crippen molar-refractivity contribution in [2.75, 3.05) is 12.4 Å². The lowest BCUT2D eigenvalue weighted by atomic mass is 10.2. The highest BCUT2D eigenvalue weighted by Crippen LogP contribution is 2.28. The molecule has 0 fully saturated rings. The van der Waals surface area contributed by atoms with E-state index in [0.29, 0.717) is 5.69 Å². The van der Waals surface area contributed by atoms with Gasteiger partial charge in [0, 0.05) is 13.2 Å². The number of anilines is 1. The number of para-hydroxylation sites is 1. The highest BCUT2D eigenvalue weighted by Gasteiger charge is 2.08. The van der Waals surface area contributed by atoms with Gasteiger partial charge in [0.2, 0.25) is 0 Å². The van der Waals surface area contributed by atoms with Gasteiger partial charge in [-0.05, 0) is 30.7 Å². The van der Waals surface area contributed by atoms with Crippen LogP contribution in [0.3, 0.4) is 0 Å². The first-order valence-electron chi connectivity index (χ1n) is 5.72. The van der Waals surface area contributed by atoms with E-state index < -0.39 is 0 Å². The first-order chi connectivity index (χ1) is 8.72. The van der Waals surface area contributed by atoms with Gasteiger partial charge in [-0.15, -0.1) is 0 Å². The molecule has 0 unspecified atom stereocenters. The molecule has 0 amide bonds. The Kier molecular flexibility index (Phi) is 3.77. The summed E-state index contributed by atoms with van der Waals surface area (Å²) in [6, 6.07) is 8.74. The van der Waals surface area contributed by atoms with Crippen LogP contribution in [0.15, 0.2) is 36.5 Å². The molecule has 2 aromatic rings. The van der Waals surface area contributed by atoms with E-state index in [2.05, 4.69) is 10.3 Å². The number of nitrogens with zero attached hydrogens (tertiary/aromatic N) is 1. The summed E-state index contributed by atoms with van der Waals surface area (Å²) in [4.78, 5) is 3.96. The zero-order valence-electron chi connectivity index (χ0n) is 10.4. The van der Waals surface area contributed by atoms with E-state index in [4.69, 9.17) is 4.74 Å². The topological polar surface area (TPSA) is 34.1 Å². The van der Waals surface area contributed by atoms with Crippen LogP contribution in [-0.2, 0) is 6.61 Å². The maximum atomic E-state index is 13.4. The van der Waals surface area contributed by atoms with Gasteiger partial charge in [-0.3, -0.25) is 4.98 Å². The lowest BCUT2D eigenvalue weighted by Crippen LogP contribution is -2.04. The second-order valence-electron chi connectivity index (χ2n) is 3.92. The molecule has 18 heavy (non-hydrogen) atoms. The molecule has 94 valence electrons. The molecule has 1 N–H and O–H groups in total. The van der Waals surface area contributed by atoms with Gasteiger partial charge in [-0.2, -0.15) is 0 Å². The number of rotatable bonds is 4. The third-order valence-corrected chi connectivity index (χ3v) is 2.67. The third-order valence-electron chi connectivity index (χ3n) is 2.67. The van der Waals surface area contributed by atoms with Gasteiger partial charge in [0.1, 0.15) is 23.9 Å². The Morgan fingerprint density at radius 3 is 2.83 bits per heavy atom. The van der Waals surface area contributed by atoms with Crippen molar-refractivity contribution in [2.24, 2.45) is 0 Å². The summed E-state index contributed by atoms with van der Waals surface area (Å²) in [6.07, 6.45) is 1.55. The lowest BCUT2D eigenvalue weighted by molar-refractivity contribution is 0.293. The minimum atomic E-state index is -0.350. The summed E-state index contributed by atoms with van der Waals surface area (Å²) in [5, 5.41) is 3.05. The highest BCUT2D eigenvalue weighted by molar-refractivity contribution is 5.59. The van der Waals surface area contributed by atoms with Crippen LogP contribution in [0, 0.1) is 12.7 Å². The molecule has 4 heteroatoms. The Bertz CT molecular complexity index is 543. The Morgan fingerprint density at radius 2 is 2.11 bits per heavy atom. The molecule has 0 saturated carbocycles. The Hall–Kier alpha value is -2.10. The fourth-order valence-corrected chi connectivity index (χ4v) is 1.71. The molecule has 0 atom stereocenters. The van der Waals surface area contributed by atoms with E-state index in [0.717, 1.165) is 17.0 Å². The molecule has 0 saturated heterocycles. The zero-order valence-corrected chi connectivity index (χ0v) is 10.4. The lowest BCUT2D eigenvalue weighted by Gasteiger charge is -2.13. The van der Waals surface area contributed by atoms with E-state index in [1.807, 2.05) is 32.2 Å². The molecule has 0 aliphatic rings. The van der Waals surface area contributed by atoms with Crippen molar-refractivity contribution in [2.45, 2.75) is 13.5 Å². The molecule has 0 aliphatic heterocycles. The van der Waals surface area contributed by atoms with Crippen molar-refractivity contribution in [1.29, 1.82) is 0 Å². The molecule has 0 bridgehead atoms. The first-order valence-corrected chi connectivity index (χ1v) is 5.72. The molecule has 2 rings (SSSR count). The zero-order chi connectivity index (χ0) is 13.0. The van der Waals surface area contributed by atoms with Crippen LogP contribution in [-0.4, -0.2) is 12.0 Å². The fraction of sp³-hybridized carbons (Fsp3) is 0.214. The maximum Gasteiger partial charge on any atom is 0.148 e. The first kappa shape index (κ1) is 12.4. The second-order valence-corrected chi connectivity index (χ2v) is 3.92. The maximum absolute atomic E-state index is 13.4. The van der Waals surface area contributed by atoms with Crippen molar-refractivity contribution in [3.05, 3.63) is 53.6 Å². The van der Waals surface area contributed by atoms with Crippen LogP contribution in [0.4, 0.5) is 10.1 Å². The number of benzene rings is 1. The monoisotopic (exact) mass is 246 g/mol. The molecule has 1 aromatic heterocycles. The number of pyridine rings is 1. The number of nitrogens with one attached hydrogen (secondary N) is 1. The molecule has 1 aromatic carbocycles. The van der Waals surface area contributed by atoms with E-state index in [1.165, 1.54) is 6.07 Å². The largest absolute Gasteiger partial charge is 0.485 e. The molecular weight excluding hydrogens is 231 g/mol. The van der Waals surface area contributed by atoms with Crippen molar-refractivity contribution in [3.8, 4) is 5.75 Å². The number of aryl methyl sites for hydroxylation is 1. The van der Waals surface area contributed by atoms with Crippen molar-refractivity contribution >= 4 is 5.69 Å². The van der Waals surface area contributed by atoms with Crippen LogP contribution >= 0.6 is 0 Å². The molecule has 0 radical (unpaired) electrons. The van der Waals surface area contributed by atoms with E-state index >= 15 is 0 Å². The number of halogens is 1. The minimum Gasteiger partial charge on any atom is -0.485 e. The summed E-state index contributed by atoms with van der Waals surface area (Å²) < 4.78 is 19.1. The average Bonchev–Trinajstić information content (AvgIpc) is 2.39. The third kappa shape index (κ3) is 2.59. The van der Waals surface area contributed by atoms with Crippen molar-refractivity contribution in [1.82, 2.24) is 4.98 Å². The molecule has 0 aliphatic carbocycles. The highest BCUT2D eigenvalue weighted by atomic mass is 19.1. The Balaban J connectivity index is 2.18. The summed E-state index contributed by atoms with van der Waals surface area (Å²) in [7, 11) is 1.82. The summed E-state index contributed by atoms with van der Waals surface area (Å²) in [5.41, 5.74) is 2.19.